The molecule has 2 atom stereocenters. The number of carbonyl (C=O) groups is 3. The number of rotatable bonds is 10. The van der Waals surface area contributed by atoms with Crippen molar-refractivity contribution in [1.29, 1.82) is 0 Å². The van der Waals surface area contributed by atoms with Crippen molar-refractivity contribution in [2.45, 2.75) is 24.9 Å². The van der Waals surface area contributed by atoms with E-state index in [1.54, 1.807) is 36.4 Å². The number of hydrogen-bond donors (Lipinski definition) is 3. The van der Waals surface area contributed by atoms with Gasteiger partial charge in [0.05, 0.1) is 19.1 Å². The molecule has 8 nitrogen and oxygen atoms in total. The van der Waals surface area contributed by atoms with E-state index in [0.29, 0.717) is 16.9 Å². The summed E-state index contributed by atoms with van der Waals surface area (Å²) < 4.78 is 5.10. The quantitative estimate of drug-likeness (QED) is 0.292. The molecule has 0 fully saturated rings. The van der Waals surface area contributed by atoms with Crippen molar-refractivity contribution in [3.8, 4) is 11.5 Å². The largest absolute Gasteiger partial charge is 1.00 e. The summed E-state index contributed by atoms with van der Waals surface area (Å²) in [6, 6.07) is 19.1. The van der Waals surface area contributed by atoms with Crippen LogP contribution in [0.2, 0.25) is 0 Å². The molecular formula is C26H25N2NaO6. The van der Waals surface area contributed by atoms with Crippen molar-refractivity contribution < 1.29 is 58.9 Å². The normalized spacial score (nSPS) is 11.9. The van der Waals surface area contributed by atoms with Gasteiger partial charge in [-0.3, -0.25) is 9.59 Å². The zero-order chi connectivity index (χ0) is 24.5. The zero-order valence-electron chi connectivity index (χ0n) is 19.6. The van der Waals surface area contributed by atoms with Gasteiger partial charge in [-0.25, -0.2) is 0 Å². The first kappa shape index (κ1) is 27.9. The summed E-state index contributed by atoms with van der Waals surface area (Å²) in [7, 11) is 1.52. The molecule has 0 bridgehead atoms. The van der Waals surface area contributed by atoms with Gasteiger partial charge in [0, 0.05) is 12.0 Å². The molecule has 3 N–H and O–H groups in total. The number of amides is 2. The maximum Gasteiger partial charge on any atom is 1.00 e. The molecule has 3 aromatic rings. The van der Waals surface area contributed by atoms with Crippen LogP contribution in [0.4, 0.5) is 0 Å². The first-order valence-corrected chi connectivity index (χ1v) is 10.6. The number of nitrogens with one attached hydrogen (secondary N) is 2. The van der Waals surface area contributed by atoms with Crippen LogP contribution in [0, 0.1) is 0 Å². The molecule has 9 heteroatoms. The third kappa shape index (κ3) is 8.43. The second-order valence-corrected chi connectivity index (χ2v) is 7.70. The Morgan fingerprint density at radius 2 is 1.40 bits per heavy atom. The average Bonchev–Trinajstić information content (AvgIpc) is 2.85. The number of hydrogen-bond acceptors (Lipinski definition) is 6. The molecular weight excluding hydrogens is 459 g/mol. The van der Waals surface area contributed by atoms with Gasteiger partial charge in [-0.2, -0.15) is 0 Å². The maximum absolute atomic E-state index is 13.1. The van der Waals surface area contributed by atoms with E-state index in [1.165, 1.54) is 19.2 Å². The number of phenols is 1. The summed E-state index contributed by atoms with van der Waals surface area (Å²) in [4.78, 5) is 37.6. The van der Waals surface area contributed by atoms with Crippen LogP contribution in [0.1, 0.15) is 21.5 Å². The van der Waals surface area contributed by atoms with Crippen LogP contribution in [0.15, 0.2) is 78.9 Å². The van der Waals surface area contributed by atoms with Crippen molar-refractivity contribution in [2.24, 2.45) is 0 Å². The number of methoxy groups -OCH3 is 1. The number of aromatic hydroxyl groups is 1. The summed E-state index contributed by atoms with van der Waals surface area (Å²) in [5.74, 6) is -1.97. The predicted octanol–water partition coefficient (Wildman–Crippen LogP) is -1.78. The molecule has 176 valence electrons. The van der Waals surface area contributed by atoms with E-state index >= 15 is 0 Å². The number of benzene rings is 3. The van der Waals surface area contributed by atoms with E-state index in [2.05, 4.69) is 10.6 Å². The van der Waals surface area contributed by atoms with Gasteiger partial charge < -0.3 is 30.4 Å². The molecule has 0 spiro atoms. The minimum atomic E-state index is -1.46. The second-order valence-electron chi connectivity index (χ2n) is 7.70. The Morgan fingerprint density at radius 1 is 0.829 bits per heavy atom. The Balaban J connectivity index is 0.00000432. The number of phenolic OH excluding ortho intramolecular Hbond substituents is 1. The molecule has 0 aliphatic rings. The van der Waals surface area contributed by atoms with Gasteiger partial charge in [0.1, 0.15) is 17.5 Å². The molecule has 0 saturated carbocycles. The van der Waals surface area contributed by atoms with Gasteiger partial charge >= 0.3 is 29.6 Å². The van der Waals surface area contributed by atoms with E-state index in [4.69, 9.17) is 4.74 Å². The van der Waals surface area contributed by atoms with Gasteiger partial charge in [-0.15, -0.1) is 0 Å². The third-order valence-electron chi connectivity index (χ3n) is 5.23. The molecule has 2 unspecified atom stereocenters. The summed E-state index contributed by atoms with van der Waals surface area (Å²) in [6.07, 6.45) is 0.117. The topological polar surface area (TPSA) is 128 Å². The Morgan fingerprint density at radius 3 is 1.97 bits per heavy atom. The van der Waals surface area contributed by atoms with Crippen molar-refractivity contribution in [3.05, 3.63) is 95.6 Å². The minimum absolute atomic E-state index is 0. The third-order valence-corrected chi connectivity index (χ3v) is 5.23. The molecule has 3 aromatic carbocycles. The first-order valence-electron chi connectivity index (χ1n) is 10.6. The Labute approximate surface area is 225 Å². The van der Waals surface area contributed by atoms with Crippen LogP contribution < -0.4 is 50.0 Å². The van der Waals surface area contributed by atoms with Crippen molar-refractivity contribution in [1.82, 2.24) is 10.6 Å². The van der Waals surface area contributed by atoms with Gasteiger partial charge in [0.25, 0.3) is 5.91 Å². The van der Waals surface area contributed by atoms with Crippen molar-refractivity contribution in [2.75, 3.05) is 7.11 Å². The molecule has 3 rings (SSSR count). The smallest absolute Gasteiger partial charge is 0.548 e. The van der Waals surface area contributed by atoms with Crippen LogP contribution >= 0.6 is 0 Å². The number of carbonyl (C=O) groups excluding carboxylic acids is 3. The number of carboxylic acid groups (broad SMARTS) is 1. The first-order chi connectivity index (χ1) is 16.4. The van der Waals surface area contributed by atoms with Crippen LogP contribution in [0.5, 0.6) is 11.5 Å². The molecule has 0 radical (unpaired) electrons. The summed E-state index contributed by atoms with van der Waals surface area (Å²) >= 11 is 0. The molecule has 0 saturated heterocycles. The predicted molar refractivity (Wildman–Crippen MR) is 123 cm³/mol. The van der Waals surface area contributed by atoms with Crippen molar-refractivity contribution in [3.63, 3.8) is 0 Å². The van der Waals surface area contributed by atoms with Crippen molar-refractivity contribution >= 4 is 17.8 Å². The monoisotopic (exact) mass is 484 g/mol. The van der Waals surface area contributed by atoms with E-state index < -0.39 is 29.9 Å². The average molecular weight is 484 g/mol. The van der Waals surface area contributed by atoms with E-state index in [1.807, 2.05) is 30.3 Å². The molecule has 0 aromatic heterocycles. The van der Waals surface area contributed by atoms with Gasteiger partial charge in [0.15, 0.2) is 0 Å². The molecule has 0 aliphatic heterocycles. The number of ether oxygens (including phenoxy) is 1. The summed E-state index contributed by atoms with van der Waals surface area (Å²) in [6.45, 7) is 0. The number of aliphatic carboxylic acids is 1. The number of carboxylic acids is 1. The Bertz CT molecular complexity index is 1120. The summed E-state index contributed by atoms with van der Waals surface area (Å²) in [5, 5.41) is 26.3. The van der Waals surface area contributed by atoms with Crippen LogP contribution in [0.3, 0.4) is 0 Å². The fourth-order valence-electron chi connectivity index (χ4n) is 3.38. The van der Waals surface area contributed by atoms with Crippen LogP contribution in [-0.4, -0.2) is 42.1 Å². The molecule has 0 aliphatic carbocycles. The summed E-state index contributed by atoms with van der Waals surface area (Å²) in [5.41, 5.74) is 1.71. The SMILES string of the molecule is COc1ccc(C(=O)NC(Cc2ccccc2)C(=O)NC(Cc2ccc(O)cc2)C(=O)[O-])cc1.[Na+]. The van der Waals surface area contributed by atoms with Crippen LogP contribution in [0.25, 0.3) is 0 Å². The fourth-order valence-corrected chi connectivity index (χ4v) is 3.38. The molecule has 35 heavy (non-hydrogen) atoms. The molecule has 0 heterocycles. The Hall–Kier alpha value is -3.33. The minimum Gasteiger partial charge on any atom is -0.548 e. The Kier molecular flexibility index (Phi) is 10.8. The maximum atomic E-state index is 13.1. The van der Waals surface area contributed by atoms with E-state index in [9.17, 15) is 24.6 Å². The zero-order valence-corrected chi connectivity index (χ0v) is 21.6. The second kappa shape index (κ2) is 13.5. The van der Waals surface area contributed by atoms with Gasteiger partial charge in [0.2, 0.25) is 5.91 Å². The fraction of sp³-hybridized carbons (Fsp3) is 0.192. The van der Waals surface area contributed by atoms with E-state index in [0.717, 1.165) is 5.56 Å². The van der Waals surface area contributed by atoms with Gasteiger partial charge in [-0.1, -0.05) is 42.5 Å². The standard InChI is InChI=1S/C26H26N2O6.Na/c1-34-21-13-9-19(10-14-21)24(30)27-22(15-17-5-3-2-4-6-17)25(31)28-23(26(32)33)16-18-7-11-20(29)12-8-18;/h2-14,22-23,29H,15-16H2,1H3,(H,27,30)(H,28,31)(H,32,33);/q;+1/p-1. The molecule has 2 amide bonds. The van der Waals surface area contributed by atoms with E-state index in [-0.39, 0.29) is 48.1 Å². The van der Waals surface area contributed by atoms with Gasteiger partial charge in [-0.05, 0) is 53.9 Å². The van der Waals surface area contributed by atoms with Crippen LogP contribution in [-0.2, 0) is 22.4 Å².